The lowest BCUT2D eigenvalue weighted by Crippen LogP contribution is -1.91. The molecule has 2 nitrogen and oxygen atoms in total. The Kier molecular flexibility index (Phi) is 2.16. The molecule has 0 N–H and O–H groups in total. The summed E-state index contributed by atoms with van der Waals surface area (Å²) in [5.41, 5.74) is 3.45. The van der Waals surface area contributed by atoms with Gasteiger partial charge in [-0.25, -0.2) is 0 Å². The van der Waals surface area contributed by atoms with Crippen molar-refractivity contribution in [1.29, 1.82) is 0 Å². The van der Waals surface area contributed by atoms with Crippen LogP contribution in [0.2, 0.25) is 0 Å². The van der Waals surface area contributed by atoms with Crippen LogP contribution in [0.1, 0.15) is 36.3 Å². The number of furan rings is 2. The number of rotatable bonds is 0. The summed E-state index contributed by atoms with van der Waals surface area (Å²) in [5, 5.41) is 1.17. The zero-order valence-corrected chi connectivity index (χ0v) is 11.2. The molecule has 0 saturated heterocycles. The minimum atomic E-state index is 0.522. The lowest BCUT2D eigenvalue weighted by molar-refractivity contribution is 0.526. The Morgan fingerprint density at radius 2 is 2.00 bits per heavy atom. The van der Waals surface area contributed by atoms with E-state index in [2.05, 4.69) is 25.1 Å². The van der Waals surface area contributed by atoms with Crippen molar-refractivity contribution in [2.45, 2.75) is 32.6 Å². The molecule has 4 rings (SSSR count). The van der Waals surface area contributed by atoms with Crippen LogP contribution >= 0.6 is 0 Å². The van der Waals surface area contributed by atoms with Gasteiger partial charge in [-0.1, -0.05) is 25.1 Å². The minimum absolute atomic E-state index is 0.522. The summed E-state index contributed by atoms with van der Waals surface area (Å²) < 4.78 is 12.0. The summed E-state index contributed by atoms with van der Waals surface area (Å²) in [5.74, 6) is 3.59. The molecule has 19 heavy (non-hydrogen) atoms. The van der Waals surface area contributed by atoms with E-state index in [0.29, 0.717) is 5.92 Å². The molecular formula is C17H16O2. The first kappa shape index (κ1) is 10.9. The summed E-state index contributed by atoms with van der Waals surface area (Å²) in [6, 6.07) is 10.4. The molecule has 1 aliphatic carbocycles. The molecule has 3 aromatic rings. The fourth-order valence-corrected chi connectivity index (χ4v) is 3.12. The highest BCUT2D eigenvalue weighted by atomic mass is 16.4. The normalized spacial score (nSPS) is 18.1. The second kappa shape index (κ2) is 3.77. The highest BCUT2D eigenvalue weighted by molar-refractivity contribution is 5.95. The molecule has 0 bridgehead atoms. The van der Waals surface area contributed by atoms with Gasteiger partial charge in [0.05, 0.1) is 5.56 Å². The van der Waals surface area contributed by atoms with E-state index < -0.39 is 0 Å². The maximum Gasteiger partial charge on any atom is 0.141 e. The van der Waals surface area contributed by atoms with Crippen LogP contribution in [0.3, 0.4) is 0 Å². The number of hydrogen-bond acceptors (Lipinski definition) is 2. The minimum Gasteiger partial charge on any atom is -0.461 e. The van der Waals surface area contributed by atoms with Crippen LogP contribution in [-0.2, 0) is 6.42 Å². The van der Waals surface area contributed by atoms with Crippen LogP contribution in [0.25, 0.3) is 22.3 Å². The monoisotopic (exact) mass is 252 g/mol. The smallest absolute Gasteiger partial charge is 0.141 e. The fourth-order valence-electron chi connectivity index (χ4n) is 3.12. The number of benzene rings is 1. The van der Waals surface area contributed by atoms with Crippen molar-refractivity contribution in [2.75, 3.05) is 0 Å². The van der Waals surface area contributed by atoms with Crippen molar-refractivity contribution in [3.8, 4) is 11.3 Å². The molecule has 0 radical (unpaired) electrons. The van der Waals surface area contributed by atoms with Gasteiger partial charge in [0, 0.05) is 17.4 Å². The van der Waals surface area contributed by atoms with Crippen molar-refractivity contribution < 1.29 is 8.83 Å². The average Bonchev–Trinajstić information content (AvgIpc) is 2.92. The van der Waals surface area contributed by atoms with Gasteiger partial charge in [0.1, 0.15) is 22.9 Å². The molecule has 96 valence electrons. The molecule has 2 aromatic heterocycles. The summed E-state index contributed by atoms with van der Waals surface area (Å²) in [6.45, 7) is 4.28. The number of fused-ring (bicyclic) bond motifs is 5. The molecule has 2 heterocycles. The van der Waals surface area contributed by atoms with Crippen molar-refractivity contribution >= 4 is 11.0 Å². The predicted octanol–water partition coefficient (Wildman–Crippen LogP) is 5.05. The van der Waals surface area contributed by atoms with Gasteiger partial charge in [-0.15, -0.1) is 0 Å². The third-order valence-corrected chi connectivity index (χ3v) is 4.11. The van der Waals surface area contributed by atoms with Crippen LogP contribution in [0.15, 0.2) is 39.2 Å². The molecular weight excluding hydrogens is 236 g/mol. The Balaban J connectivity index is 2.11. The highest BCUT2D eigenvalue weighted by Crippen LogP contribution is 2.44. The third-order valence-electron chi connectivity index (χ3n) is 4.11. The molecule has 0 aliphatic heterocycles. The van der Waals surface area contributed by atoms with Gasteiger partial charge in [0.25, 0.3) is 0 Å². The molecule has 1 atom stereocenters. The third kappa shape index (κ3) is 1.49. The van der Waals surface area contributed by atoms with Crippen LogP contribution in [0, 0.1) is 6.92 Å². The lowest BCUT2D eigenvalue weighted by atomic mass is 9.98. The maximum atomic E-state index is 6.02. The lowest BCUT2D eigenvalue weighted by Gasteiger charge is -2.05. The van der Waals surface area contributed by atoms with E-state index in [1.54, 1.807) is 0 Å². The number of hydrogen-bond donors (Lipinski definition) is 0. The van der Waals surface area contributed by atoms with E-state index in [-0.39, 0.29) is 0 Å². The Morgan fingerprint density at radius 3 is 2.89 bits per heavy atom. The van der Waals surface area contributed by atoms with Gasteiger partial charge in [0.15, 0.2) is 0 Å². The van der Waals surface area contributed by atoms with Crippen molar-refractivity contribution in [2.24, 2.45) is 0 Å². The summed E-state index contributed by atoms with van der Waals surface area (Å²) in [6.07, 6.45) is 2.09. The molecule has 0 spiro atoms. The second-order valence-electron chi connectivity index (χ2n) is 5.48. The topological polar surface area (TPSA) is 26.3 Å². The van der Waals surface area contributed by atoms with Gasteiger partial charge >= 0.3 is 0 Å². The maximum absolute atomic E-state index is 6.02. The Bertz CT molecular complexity index is 761. The Labute approximate surface area is 112 Å². The van der Waals surface area contributed by atoms with E-state index in [4.69, 9.17) is 8.83 Å². The zero-order valence-electron chi connectivity index (χ0n) is 11.2. The zero-order chi connectivity index (χ0) is 13.0. The summed E-state index contributed by atoms with van der Waals surface area (Å²) >= 11 is 0. The molecule has 1 aromatic carbocycles. The van der Waals surface area contributed by atoms with Crippen molar-refractivity contribution in [3.63, 3.8) is 0 Å². The van der Waals surface area contributed by atoms with Crippen LogP contribution in [0.4, 0.5) is 0 Å². The molecule has 0 saturated carbocycles. The number of para-hydroxylation sites is 1. The van der Waals surface area contributed by atoms with E-state index >= 15 is 0 Å². The van der Waals surface area contributed by atoms with Crippen LogP contribution in [0.5, 0.6) is 0 Å². The Morgan fingerprint density at radius 1 is 1.16 bits per heavy atom. The van der Waals surface area contributed by atoms with Gasteiger partial charge < -0.3 is 8.83 Å². The SMILES string of the molecule is Cc1cc2c(o1)-c1c(oc3ccccc13)CC[C@H]2C. The van der Waals surface area contributed by atoms with Crippen molar-refractivity contribution in [3.05, 3.63) is 47.4 Å². The van der Waals surface area contributed by atoms with Crippen LogP contribution in [-0.4, -0.2) is 0 Å². The first-order chi connectivity index (χ1) is 9.24. The average molecular weight is 252 g/mol. The number of aryl methyl sites for hydroxylation is 2. The van der Waals surface area contributed by atoms with Gasteiger partial charge in [-0.3, -0.25) is 0 Å². The summed E-state index contributed by atoms with van der Waals surface area (Å²) in [4.78, 5) is 0. The molecule has 0 amide bonds. The highest BCUT2D eigenvalue weighted by Gasteiger charge is 2.27. The van der Waals surface area contributed by atoms with Gasteiger partial charge in [-0.05, 0) is 31.4 Å². The largest absolute Gasteiger partial charge is 0.461 e. The van der Waals surface area contributed by atoms with E-state index in [1.165, 1.54) is 16.5 Å². The van der Waals surface area contributed by atoms with E-state index in [0.717, 1.165) is 35.7 Å². The van der Waals surface area contributed by atoms with Gasteiger partial charge in [0.2, 0.25) is 0 Å². The predicted molar refractivity (Wildman–Crippen MR) is 75.4 cm³/mol. The fraction of sp³-hybridized carbons (Fsp3) is 0.294. The molecule has 2 heteroatoms. The molecule has 1 aliphatic rings. The second-order valence-corrected chi connectivity index (χ2v) is 5.48. The summed E-state index contributed by atoms with van der Waals surface area (Å²) in [7, 11) is 0. The van der Waals surface area contributed by atoms with E-state index in [1.807, 2.05) is 19.1 Å². The van der Waals surface area contributed by atoms with Gasteiger partial charge in [-0.2, -0.15) is 0 Å². The quantitative estimate of drug-likeness (QED) is 0.559. The van der Waals surface area contributed by atoms with Crippen LogP contribution < -0.4 is 0 Å². The van der Waals surface area contributed by atoms with Crippen molar-refractivity contribution in [1.82, 2.24) is 0 Å². The Hall–Kier alpha value is -1.96. The molecule has 0 fully saturated rings. The molecule has 0 unspecified atom stereocenters. The first-order valence-corrected chi connectivity index (χ1v) is 6.85. The van der Waals surface area contributed by atoms with E-state index in [9.17, 15) is 0 Å². The first-order valence-electron chi connectivity index (χ1n) is 6.85. The standard InChI is InChI=1S/C17H16O2/c1-10-7-8-15-16(17-13(10)9-11(2)18-17)12-5-3-4-6-14(12)19-15/h3-6,9-10H,7-8H2,1-2H3/t10-/m1/s1.